The number of nitrogens with one attached hydrogen (secondary N) is 3. The number of anilines is 1. The van der Waals surface area contributed by atoms with Crippen molar-refractivity contribution in [2.45, 2.75) is 63.0 Å². The second kappa shape index (κ2) is 8.36. The number of carbonyl (C=O) groups excluding carboxylic acids is 1. The molecule has 2 amide bonds. The Morgan fingerprint density at radius 2 is 1.83 bits per heavy atom. The summed E-state index contributed by atoms with van der Waals surface area (Å²) in [6.45, 7) is 1.02. The number of benzene rings is 1. The molecule has 29 heavy (non-hydrogen) atoms. The van der Waals surface area contributed by atoms with Gasteiger partial charge in [0.05, 0.1) is 28.2 Å². The maximum absolute atomic E-state index is 13.1. The predicted molar refractivity (Wildman–Crippen MR) is 107 cm³/mol. The Kier molecular flexibility index (Phi) is 5.83. The van der Waals surface area contributed by atoms with Crippen molar-refractivity contribution in [1.29, 1.82) is 0 Å². The lowest BCUT2D eigenvalue weighted by atomic mass is 9.81. The lowest BCUT2D eigenvalue weighted by Crippen LogP contribution is -3.20. The van der Waals surface area contributed by atoms with Crippen LogP contribution in [0.25, 0.3) is 0 Å². The minimum atomic E-state index is -4.50. The molecule has 4 nitrogen and oxygen atoms in total. The summed E-state index contributed by atoms with van der Waals surface area (Å²) < 4.78 is 39.4. The third-order valence-corrected chi connectivity index (χ3v) is 6.94. The highest BCUT2D eigenvalue weighted by molar-refractivity contribution is 7.09. The molecule has 2 fully saturated rings. The van der Waals surface area contributed by atoms with E-state index in [0.29, 0.717) is 12.1 Å². The first-order valence-electron chi connectivity index (χ1n) is 10.0. The fraction of sp³-hybridized carbons (Fsp3) is 0.476. The topological polar surface area (TPSA) is 45.6 Å². The number of hydrogen-bond donors (Lipinski definition) is 3. The molecule has 3 N–H and O–H groups in total. The van der Waals surface area contributed by atoms with Crippen molar-refractivity contribution in [1.82, 2.24) is 5.32 Å². The molecule has 0 unspecified atom stereocenters. The van der Waals surface area contributed by atoms with E-state index in [4.69, 9.17) is 0 Å². The summed E-state index contributed by atoms with van der Waals surface area (Å²) in [5.74, 6) is 0. The predicted octanol–water partition coefficient (Wildman–Crippen LogP) is 4.06. The van der Waals surface area contributed by atoms with Crippen molar-refractivity contribution in [2.75, 3.05) is 5.32 Å². The van der Waals surface area contributed by atoms with Gasteiger partial charge in [-0.05, 0) is 42.8 Å². The van der Waals surface area contributed by atoms with Crippen LogP contribution < -0.4 is 15.5 Å². The Hall–Kier alpha value is -2.06. The first kappa shape index (κ1) is 20.2. The van der Waals surface area contributed by atoms with Crippen molar-refractivity contribution in [3.8, 4) is 0 Å². The number of quaternary nitrogens is 1. The molecule has 8 heteroatoms. The molecule has 2 aliphatic rings. The van der Waals surface area contributed by atoms with Gasteiger partial charge in [-0.25, -0.2) is 4.79 Å². The second-order valence-corrected chi connectivity index (χ2v) is 9.00. The fourth-order valence-electron chi connectivity index (χ4n) is 4.84. The fourth-order valence-corrected chi connectivity index (χ4v) is 5.58. The normalized spacial score (nSPS) is 26.7. The molecular weight excluding hydrogens is 399 g/mol. The number of piperidine rings is 2. The van der Waals surface area contributed by atoms with E-state index in [1.807, 2.05) is 0 Å². The summed E-state index contributed by atoms with van der Waals surface area (Å²) in [5, 5.41) is 7.43. The number of amides is 2. The molecule has 156 valence electrons. The molecule has 2 aromatic rings. The lowest BCUT2D eigenvalue weighted by Gasteiger charge is -2.45. The Balaban J connectivity index is 1.38. The van der Waals surface area contributed by atoms with E-state index in [9.17, 15) is 18.0 Å². The van der Waals surface area contributed by atoms with Gasteiger partial charge in [-0.15, -0.1) is 11.3 Å². The van der Waals surface area contributed by atoms with Gasteiger partial charge in [-0.3, -0.25) is 0 Å². The van der Waals surface area contributed by atoms with Crippen molar-refractivity contribution >= 4 is 23.1 Å². The Morgan fingerprint density at radius 3 is 2.48 bits per heavy atom. The van der Waals surface area contributed by atoms with Gasteiger partial charge in [-0.1, -0.05) is 18.2 Å². The number of hydrogen-bond acceptors (Lipinski definition) is 2. The van der Waals surface area contributed by atoms with E-state index in [-0.39, 0.29) is 11.7 Å². The van der Waals surface area contributed by atoms with Crippen molar-refractivity contribution < 1.29 is 22.9 Å². The number of para-hydroxylation sites is 1. The molecule has 2 atom stereocenters. The van der Waals surface area contributed by atoms with E-state index in [1.165, 1.54) is 29.5 Å². The molecule has 1 aromatic heterocycles. The van der Waals surface area contributed by atoms with E-state index in [2.05, 4.69) is 28.1 Å². The van der Waals surface area contributed by atoms with Crippen LogP contribution >= 0.6 is 11.3 Å². The zero-order valence-corrected chi connectivity index (χ0v) is 16.8. The number of alkyl halides is 3. The van der Waals surface area contributed by atoms with Crippen LogP contribution in [0.15, 0.2) is 41.8 Å². The standard InChI is InChI=1S/C21H24F3N3OS/c22-21(23,24)18-8-1-2-9-19(18)26-20(28)25-14-11-15-5-3-6-16(12-14)27(15)13-17-7-4-10-29-17/h1-2,4,7-10,14-16H,3,5-6,11-13H2,(H2,25,26,28)/p+1/t15-,16-/m1/s1. The number of fused-ring (bicyclic) bond motifs is 2. The van der Waals surface area contributed by atoms with Crippen LogP contribution in [0.5, 0.6) is 0 Å². The van der Waals surface area contributed by atoms with Gasteiger partial charge in [0, 0.05) is 18.9 Å². The molecular formula is C21H25F3N3OS+. The van der Waals surface area contributed by atoms with Crippen LogP contribution in [0.2, 0.25) is 0 Å². The summed E-state index contributed by atoms with van der Waals surface area (Å²) in [6, 6.07) is 9.71. The molecule has 0 saturated carbocycles. The number of thiophene rings is 1. The maximum atomic E-state index is 13.1. The first-order chi connectivity index (χ1) is 13.9. The molecule has 3 heterocycles. The zero-order valence-electron chi connectivity index (χ0n) is 16.0. The summed E-state index contributed by atoms with van der Waals surface area (Å²) in [6.07, 6.45) is 0.706. The quantitative estimate of drug-likeness (QED) is 0.681. The minimum absolute atomic E-state index is 0.00423. The Bertz CT molecular complexity index is 826. The highest BCUT2D eigenvalue weighted by atomic mass is 32.1. The van der Waals surface area contributed by atoms with Crippen LogP contribution in [-0.4, -0.2) is 24.2 Å². The molecule has 2 saturated heterocycles. The highest BCUT2D eigenvalue weighted by Crippen LogP contribution is 2.34. The summed E-state index contributed by atoms with van der Waals surface area (Å²) in [7, 11) is 0. The van der Waals surface area contributed by atoms with Crippen molar-refractivity contribution in [2.24, 2.45) is 0 Å². The maximum Gasteiger partial charge on any atom is 0.418 e. The second-order valence-electron chi connectivity index (χ2n) is 7.97. The lowest BCUT2D eigenvalue weighted by molar-refractivity contribution is -0.973. The molecule has 0 spiro atoms. The van der Waals surface area contributed by atoms with E-state index < -0.39 is 17.8 Å². The molecule has 0 aliphatic carbocycles. The average molecular weight is 425 g/mol. The van der Waals surface area contributed by atoms with Gasteiger partial charge < -0.3 is 15.5 Å². The SMILES string of the molecule is O=C(Nc1ccccc1C(F)(F)F)NC1C[C@H]2CCC[C@H](C1)[NH+]2Cc1cccs1. The third-order valence-electron chi connectivity index (χ3n) is 6.07. The first-order valence-corrected chi connectivity index (χ1v) is 10.9. The van der Waals surface area contributed by atoms with Crippen LogP contribution in [-0.2, 0) is 12.7 Å². The van der Waals surface area contributed by atoms with Gasteiger partial charge in [0.2, 0.25) is 0 Å². The van der Waals surface area contributed by atoms with E-state index >= 15 is 0 Å². The van der Waals surface area contributed by atoms with Crippen LogP contribution in [0, 0.1) is 0 Å². The molecule has 2 aliphatic heterocycles. The number of rotatable bonds is 4. The zero-order chi connectivity index (χ0) is 20.4. The van der Waals surface area contributed by atoms with Gasteiger partial charge in [0.25, 0.3) is 0 Å². The molecule has 2 bridgehead atoms. The number of urea groups is 1. The number of carbonyl (C=O) groups is 1. The van der Waals surface area contributed by atoms with E-state index in [1.54, 1.807) is 16.2 Å². The third kappa shape index (κ3) is 4.75. The minimum Gasteiger partial charge on any atom is -0.335 e. The summed E-state index contributed by atoms with van der Waals surface area (Å²) >= 11 is 1.78. The summed E-state index contributed by atoms with van der Waals surface area (Å²) in [4.78, 5) is 15.4. The Morgan fingerprint density at radius 1 is 1.10 bits per heavy atom. The van der Waals surface area contributed by atoms with Crippen LogP contribution in [0.4, 0.5) is 23.7 Å². The van der Waals surface area contributed by atoms with Gasteiger partial charge in [0.1, 0.15) is 6.54 Å². The average Bonchev–Trinajstić information content (AvgIpc) is 3.15. The van der Waals surface area contributed by atoms with Gasteiger partial charge >= 0.3 is 12.2 Å². The number of halogens is 3. The van der Waals surface area contributed by atoms with Gasteiger partial charge in [0.15, 0.2) is 0 Å². The smallest absolute Gasteiger partial charge is 0.335 e. The largest absolute Gasteiger partial charge is 0.418 e. The monoisotopic (exact) mass is 424 g/mol. The van der Waals surface area contributed by atoms with E-state index in [0.717, 1.165) is 38.3 Å². The van der Waals surface area contributed by atoms with Crippen molar-refractivity contribution in [3.63, 3.8) is 0 Å². The van der Waals surface area contributed by atoms with Gasteiger partial charge in [-0.2, -0.15) is 13.2 Å². The van der Waals surface area contributed by atoms with Crippen LogP contribution in [0.1, 0.15) is 42.5 Å². The highest BCUT2D eigenvalue weighted by Gasteiger charge is 2.42. The summed E-state index contributed by atoms with van der Waals surface area (Å²) in [5.41, 5.74) is -1.04. The molecule has 1 aromatic carbocycles. The van der Waals surface area contributed by atoms with Crippen LogP contribution in [0.3, 0.4) is 0 Å². The molecule has 4 rings (SSSR count). The van der Waals surface area contributed by atoms with Crippen molar-refractivity contribution in [3.05, 3.63) is 52.2 Å². The Labute approximate surface area is 172 Å². The molecule has 0 radical (unpaired) electrons.